The van der Waals surface area contributed by atoms with Gasteiger partial charge >= 0.3 is 0 Å². The Kier molecular flexibility index (Phi) is 3.13. The molecule has 0 fully saturated rings. The van der Waals surface area contributed by atoms with Gasteiger partial charge in [0.25, 0.3) is 0 Å². The predicted molar refractivity (Wildman–Crippen MR) is 65.8 cm³/mol. The predicted octanol–water partition coefficient (Wildman–Crippen LogP) is 3.37. The molecule has 1 aromatic heterocycles. The molecule has 5 heteroatoms. The first kappa shape index (κ1) is 10.3. The van der Waals surface area contributed by atoms with Crippen LogP contribution in [0.5, 0.6) is 0 Å². The summed E-state index contributed by atoms with van der Waals surface area (Å²) in [7, 11) is 0. The minimum Gasteiger partial charge on any atom is -0.354 e. The van der Waals surface area contributed by atoms with E-state index in [-0.39, 0.29) is 6.04 Å². The van der Waals surface area contributed by atoms with E-state index < -0.39 is 0 Å². The van der Waals surface area contributed by atoms with Gasteiger partial charge in [-0.05, 0) is 24.7 Å². The summed E-state index contributed by atoms with van der Waals surface area (Å²) in [6, 6.07) is 10.5. The number of nitrogens with zero attached hydrogens (tertiary/aromatic N) is 1. The molecule has 0 saturated carbocycles. The van der Waals surface area contributed by atoms with Crippen molar-refractivity contribution in [1.29, 1.82) is 0 Å². The molecule has 0 spiro atoms. The number of H-pyrrole nitrogens is 1. The molecule has 2 N–H and O–H groups in total. The van der Waals surface area contributed by atoms with Gasteiger partial charge in [-0.25, -0.2) is 0 Å². The first-order valence-corrected chi connectivity index (χ1v) is 5.85. The zero-order valence-corrected chi connectivity index (χ0v) is 9.86. The van der Waals surface area contributed by atoms with Crippen molar-refractivity contribution in [2.24, 2.45) is 0 Å². The van der Waals surface area contributed by atoms with Crippen LogP contribution in [0.1, 0.15) is 18.5 Å². The molecule has 0 amide bonds. The molecule has 0 aliphatic heterocycles. The summed E-state index contributed by atoms with van der Waals surface area (Å²) in [4.78, 5) is 0. The van der Waals surface area contributed by atoms with Gasteiger partial charge in [0.15, 0.2) is 3.95 Å². The van der Waals surface area contributed by atoms with E-state index in [1.54, 1.807) is 0 Å². The number of rotatable bonds is 3. The molecule has 0 radical (unpaired) electrons. The Labute approximate surface area is 97.2 Å². The molecule has 15 heavy (non-hydrogen) atoms. The minimum atomic E-state index is 0.236. The zero-order chi connectivity index (χ0) is 10.7. The highest BCUT2D eigenvalue weighted by molar-refractivity contribution is 7.73. The standard InChI is InChI=1S/C10H11N3S2/c1-7(8-5-3-2-4-6-8)11-9-12-13-10(14)15-9/h2-7H,1H3,(H,11,12)(H,13,14)/t7-/m1/s1. The van der Waals surface area contributed by atoms with E-state index in [0.717, 1.165) is 5.13 Å². The smallest absolute Gasteiger partial charge is 0.204 e. The van der Waals surface area contributed by atoms with E-state index in [0.29, 0.717) is 3.95 Å². The lowest BCUT2D eigenvalue weighted by Crippen LogP contribution is -2.05. The third kappa shape index (κ3) is 2.64. The molecule has 3 nitrogen and oxygen atoms in total. The van der Waals surface area contributed by atoms with Crippen LogP contribution in [0, 0.1) is 3.95 Å². The van der Waals surface area contributed by atoms with Gasteiger partial charge in [-0.1, -0.05) is 41.7 Å². The van der Waals surface area contributed by atoms with Crippen molar-refractivity contribution in [3.8, 4) is 0 Å². The Bertz CT molecular complexity index is 475. The molecular formula is C10H11N3S2. The van der Waals surface area contributed by atoms with Gasteiger partial charge < -0.3 is 5.32 Å². The maximum atomic E-state index is 4.96. The summed E-state index contributed by atoms with van der Waals surface area (Å²) in [5, 5.41) is 10.9. The van der Waals surface area contributed by atoms with Gasteiger partial charge in [-0.15, -0.1) is 5.10 Å². The summed E-state index contributed by atoms with van der Waals surface area (Å²) >= 11 is 6.41. The van der Waals surface area contributed by atoms with Gasteiger partial charge in [0.05, 0.1) is 6.04 Å². The first-order valence-electron chi connectivity index (χ1n) is 4.62. The van der Waals surface area contributed by atoms with Gasteiger partial charge in [-0.2, -0.15) is 0 Å². The lowest BCUT2D eigenvalue weighted by molar-refractivity contribution is 0.873. The van der Waals surface area contributed by atoms with Crippen molar-refractivity contribution in [3.05, 3.63) is 39.8 Å². The lowest BCUT2D eigenvalue weighted by Gasteiger charge is -2.12. The third-order valence-electron chi connectivity index (χ3n) is 2.08. The van der Waals surface area contributed by atoms with Crippen LogP contribution in [0.15, 0.2) is 30.3 Å². The maximum Gasteiger partial charge on any atom is 0.204 e. The average Bonchev–Trinajstić information content (AvgIpc) is 2.65. The first-order chi connectivity index (χ1) is 7.25. The van der Waals surface area contributed by atoms with Crippen LogP contribution in [0.3, 0.4) is 0 Å². The zero-order valence-electron chi connectivity index (χ0n) is 8.23. The van der Waals surface area contributed by atoms with E-state index >= 15 is 0 Å². The second-order valence-corrected chi connectivity index (χ2v) is 4.86. The SMILES string of the molecule is C[C@@H](Nc1n[nH]c(=S)s1)c1ccccc1. The third-order valence-corrected chi connectivity index (χ3v) is 3.10. The van der Waals surface area contributed by atoms with Crippen LogP contribution in [0.25, 0.3) is 0 Å². The lowest BCUT2D eigenvalue weighted by atomic mass is 10.1. The van der Waals surface area contributed by atoms with Crippen molar-refractivity contribution < 1.29 is 0 Å². The quantitative estimate of drug-likeness (QED) is 0.804. The number of hydrogen-bond acceptors (Lipinski definition) is 4. The van der Waals surface area contributed by atoms with Crippen molar-refractivity contribution >= 4 is 28.7 Å². The van der Waals surface area contributed by atoms with Gasteiger partial charge in [-0.3, -0.25) is 5.10 Å². The monoisotopic (exact) mass is 237 g/mol. The topological polar surface area (TPSA) is 40.7 Å². The molecular weight excluding hydrogens is 226 g/mol. The number of anilines is 1. The summed E-state index contributed by atoms with van der Waals surface area (Å²) in [5.74, 6) is 0. The van der Waals surface area contributed by atoms with E-state index in [1.165, 1.54) is 16.9 Å². The van der Waals surface area contributed by atoms with E-state index in [9.17, 15) is 0 Å². The largest absolute Gasteiger partial charge is 0.354 e. The molecule has 0 bridgehead atoms. The second kappa shape index (κ2) is 4.55. The second-order valence-electron chi connectivity index (χ2n) is 3.19. The number of benzene rings is 1. The summed E-state index contributed by atoms with van der Waals surface area (Å²) in [6.07, 6.45) is 0. The Morgan fingerprint density at radius 3 is 2.73 bits per heavy atom. The summed E-state index contributed by atoms with van der Waals surface area (Å²) < 4.78 is 0.692. The van der Waals surface area contributed by atoms with Crippen LogP contribution in [-0.2, 0) is 0 Å². The van der Waals surface area contributed by atoms with Crippen molar-refractivity contribution in [2.45, 2.75) is 13.0 Å². The van der Waals surface area contributed by atoms with E-state index in [1.807, 2.05) is 18.2 Å². The Balaban J connectivity index is 2.10. The maximum absolute atomic E-state index is 4.96. The molecule has 0 aliphatic rings. The van der Waals surface area contributed by atoms with Crippen LogP contribution < -0.4 is 5.32 Å². The van der Waals surface area contributed by atoms with Gasteiger partial charge in [0.2, 0.25) is 5.13 Å². The fourth-order valence-electron chi connectivity index (χ4n) is 1.30. The minimum absolute atomic E-state index is 0.236. The van der Waals surface area contributed by atoms with Gasteiger partial charge in [0.1, 0.15) is 0 Å². The van der Waals surface area contributed by atoms with Crippen LogP contribution >= 0.6 is 23.6 Å². The van der Waals surface area contributed by atoms with Crippen molar-refractivity contribution in [2.75, 3.05) is 5.32 Å². The number of hydrogen-bond donors (Lipinski definition) is 2. The Morgan fingerprint density at radius 2 is 2.13 bits per heavy atom. The highest BCUT2D eigenvalue weighted by Crippen LogP contribution is 2.20. The molecule has 2 aromatic rings. The highest BCUT2D eigenvalue weighted by Gasteiger charge is 2.05. The number of aromatic nitrogens is 2. The Hall–Kier alpha value is -1.20. The number of nitrogens with one attached hydrogen (secondary N) is 2. The normalized spacial score (nSPS) is 12.3. The van der Waals surface area contributed by atoms with Crippen molar-refractivity contribution in [1.82, 2.24) is 10.2 Å². The van der Waals surface area contributed by atoms with E-state index in [2.05, 4.69) is 34.6 Å². The molecule has 78 valence electrons. The molecule has 0 aliphatic carbocycles. The fraction of sp³-hybridized carbons (Fsp3) is 0.200. The summed E-state index contributed by atoms with van der Waals surface area (Å²) in [6.45, 7) is 2.10. The Morgan fingerprint density at radius 1 is 1.40 bits per heavy atom. The van der Waals surface area contributed by atoms with Crippen LogP contribution in [0.2, 0.25) is 0 Å². The number of aromatic amines is 1. The van der Waals surface area contributed by atoms with Gasteiger partial charge in [0, 0.05) is 0 Å². The fourth-order valence-corrected chi connectivity index (χ4v) is 2.18. The molecule has 2 rings (SSSR count). The van der Waals surface area contributed by atoms with Crippen LogP contribution in [0.4, 0.5) is 5.13 Å². The molecule has 1 atom stereocenters. The highest BCUT2D eigenvalue weighted by atomic mass is 32.1. The molecule has 1 heterocycles. The van der Waals surface area contributed by atoms with Crippen LogP contribution in [-0.4, -0.2) is 10.2 Å². The van der Waals surface area contributed by atoms with Crippen molar-refractivity contribution in [3.63, 3.8) is 0 Å². The average molecular weight is 237 g/mol. The molecule has 1 aromatic carbocycles. The summed E-state index contributed by atoms with van der Waals surface area (Å²) in [5.41, 5.74) is 1.23. The van der Waals surface area contributed by atoms with E-state index in [4.69, 9.17) is 12.2 Å². The molecule has 0 unspecified atom stereocenters. The molecule has 0 saturated heterocycles.